The van der Waals surface area contributed by atoms with Gasteiger partial charge in [-0.05, 0) is 49.6 Å². The second-order valence-corrected chi connectivity index (χ2v) is 8.78. The molecule has 0 heterocycles. The molecule has 0 aliphatic rings. The first-order valence-electron chi connectivity index (χ1n) is 8.45. The fourth-order valence-corrected chi connectivity index (χ4v) is 3.74. The van der Waals surface area contributed by atoms with Crippen molar-refractivity contribution in [2.24, 2.45) is 0 Å². The SMILES string of the molecule is C[C@@H](CCc1ccccc1)NC(=O)CCNS(=O)(=O)c1ccc(Br)cc1. The van der Waals surface area contributed by atoms with E-state index in [1.165, 1.54) is 17.7 Å². The molecular weight excluding hydrogens is 416 g/mol. The highest BCUT2D eigenvalue weighted by atomic mass is 79.9. The van der Waals surface area contributed by atoms with Gasteiger partial charge in [0, 0.05) is 23.5 Å². The molecule has 26 heavy (non-hydrogen) atoms. The van der Waals surface area contributed by atoms with Crippen LogP contribution >= 0.6 is 15.9 Å². The molecule has 1 atom stereocenters. The molecule has 1 amide bonds. The fraction of sp³-hybridized carbons (Fsp3) is 0.316. The van der Waals surface area contributed by atoms with E-state index < -0.39 is 10.0 Å². The number of hydrogen-bond acceptors (Lipinski definition) is 3. The lowest BCUT2D eigenvalue weighted by molar-refractivity contribution is -0.121. The second-order valence-electron chi connectivity index (χ2n) is 6.09. The molecule has 0 aromatic heterocycles. The molecule has 0 fully saturated rings. The van der Waals surface area contributed by atoms with Crippen LogP contribution in [-0.2, 0) is 21.2 Å². The van der Waals surface area contributed by atoms with E-state index in [4.69, 9.17) is 0 Å². The first kappa shape index (κ1) is 20.6. The Morgan fingerprint density at radius 3 is 2.38 bits per heavy atom. The van der Waals surface area contributed by atoms with E-state index in [0.29, 0.717) is 0 Å². The highest BCUT2D eigenvalue weighted by Gasteiger charge is 2.14. The van der Waals surface area contributed by atoms with Crippen molar-refractivity contribution in [2.45, 2.75) is 37.1 Å². The number of nitrogens with one attached hydrogen (secondary N) is 2. The van der Waals surface area contributed by atoms with Gasteiger partial charge >= 0.3 is 0 Å². The third kappa shape index (κ3) is 6.90. The summed E-state index contributed by atoms with van der Waals surface area (Å²) in [7, 11) is -3.60. The zero-order valence-corrected chi connectivity index (χ0v) is 17.0. The summed E-state index contributed by atoms with van der Waals surface area (Å²) in [5, 5.41) is 2.90. The molecule has 0 aliphatic heterocycles. The average Bonchev–Trinajstić information content (AvgIpc) is 2.61. The van der Waals surface area contributed by atoms with Gasteiger partial charge < -0.3 is 5.32 Å². The monoisotopic (exact) mass is 438 g/mol. The predicted molar refractivity (Wildman–Crippen MR) is 106 cm³/mol. The van der Waals surface area contributed by atoms with Gasteiger partial charge in [0.2, 0.25) is 15.9 Å². The third-order valence-corrected chi connectivity index (χ3v) is 5.89. The van der Waals surface area contributed by atoms with Gasteiger partial charge in [-0.1, -0.05) is 46.3 Å². The van der Waals surface area contributed by atoms with E-state index >= 15 is 0 Å². The summed E-state index contributed by atoms with van der Waals surface area (Å²) < 4.78 is 27.6. The normalized spacial score (nSPS) is 12.5. The Morgan fingerprint density at radius 2 is 1.73 bits per heavy atom. The molecule has 0 bridgehead atoms. The molecule has 2 aromatic carbocycles. The fourth-order valence-electron chi connectivity index (χ4n) is 2.44. The Kier molecular flexibility index (Phi) is 7.81. The van der Waals surface area contributed by atoms with Crippen LogP contribution in [0.4, 0.5) is 0 Å². The molecule has 140 valence electrons. The van der Waals surface area contributed by atoms with Crippen LogP contribution in [0.25, 0.3) is 0 Å². The van der Waals surface area contributed by atoms with E-state index in [-0.39, 0.29) is 29.8 Å². The summed E-state index contributed by atoms with van der Waals surface area (Å²) in [6.07, 6.45) is 1.82. The molecule has 0 radical (unpaired) electrons. The summed E-state index contributed by atoms with van der Waals surface area (Å²) in [4.78, 5) is 12.2. The number of rotatable bonds is 9. The van der Waals surface area contributed by atoms with Gasteiger partial charge in [-0.15, -0.1) is 0 Å². The molecule has 0 saturated carbocycles. The number of halogens is 1. The first-order valence-corrected chi connectivity index (χ1v) is 10.7. The van der Waals surface area contributed by atoms with Crippen molar-refractivity contribution in [3.63, 3.8) is 0 Å². The van der Waals surface area contributed by atoms with Crippen LogP contribution in [0, 0.1) is 0 Å². The van der Waals surface area contributed by atoms with Gasteiger partial charge in [0.05, 0.1) is 4.90 Å². The standard InChI is InChI=1S/C19H23BrN2O3S/c1-15(7-8-16-5-3-2-4-6-16)22-19(23)13-14-21-26(24,25)18-11-9-17(20)10-12-18/h2-6,9-12,15,21H,7-8,13-14H2,1H3,(H,22,23)/t15-/m0/s1. The minimum absolute atomic E-state index is 0.0331. The molecule has 5 nitrogen and oxygen atoms in total. The Morgan fingerprint density at radius 1 is 1.08 bits per heavy atom. The Labute approximate surface area is 163 Å². The van der Waals surface area contributed by atoms with Crippen LogP contribution in [0.5, 0.6) is 0 Å². The maximum absolute atomic E-state index is 12.1. The molecule has 0 saturated heterocycles. The number of hydrogen-bond donors (Lipinski definition) is 2. The van der Waals surface area contributed by atoms with Crippen molar-refractivity contribution < 1.29 is 13.2 Å². The van der Waals surface area contributed by atoms with Crippen LogP contribution < -0.4 is 10.0 Å². The molecule has 0 unspecified atom stereocenters. The quantitative estimate of drug-likeness (QED) is 0.630. The van der Waals surface area contributed by atoms with Crippen molar-refractivity contribution in [2.75, 3.05) is 6.54 Å². The zero-order chi connectivity index (χ0) is 19.0. The second kappa shape index (κ2) is 9.85. The maximum Gasteiger partial charge on any atom is 0.240 e. The lowest BCUT2D eigenvalue weighted by Crippen LogP contribution is -2.35. The third-order valence-electron chi connectivity index (χ3n) is 3.88. The Hall–Kier alpha value is -1.70. The topological polar surface area (TPSA) is 75.3 Å². The number of sulfonamides is 1. The van der Waals surface area contributed by atoms with Crippen molar-refractivity contribution in [3.05, 3.63) is 64.6 Å². The van der Waals surface area contributed by atoms with E-state index in [1.807, 2.05) is 25.1 Å². The van der Waals surface area contributed by atoms with Crippen LogP contribution in [0.1, 0.15) is 25.3 Å². The molecular formula is C19H23BrN2O3S. The number of aryl methyl sites for hydroxylation is 1. The van der Waals surface area contributed by atoms with Crippen molar-refractivity contribution >= 4 is 31.9 Å². The largest absolute Gasteiger partial charge is 0.354 e. The highest BCUT2D eigenvalue weighted by molar-refractivity contribution is 9.10. The minimum atomic E-state index is -3.60. The lowest BCUT2D eigenvalue weighted by atomic mass is 10.1. The summed E-state index contributed by atoms with van der Waals surface area (Å²) in [5.74, 6) is -0.163. The van der Waals surface area contributed by atoms with Crippen molar-refractivity contribution in [1.29, 1.82) is 0 Å². The van der Waals surface area contributed by atoms with Gasteiger partial charge in [0.15, 0.2) is 0 Å². The lowest BCUT2D eigenvalue weighted by Gasteiger charge is -2.14. The molecule has 2 aromatic rings. The molecule has 2 N–H and O–H groups in total. The van der Waals surface area contributed by atoms with E-state index in [2.05, 4.69) is 38.1 Å². The molecule has 0 spiro atoms. The van der Waals surface area contributed by atoms with E-state index in [0.717, 1.165) is 17.3 Å². The molecule has 7 heteroatoms. The smallest absolute Gasteiger partial charge is 0.240 e. The minimum Gasteiger partial charge on any atom is -0.354 e. The van der Waals surface area contributed by atoms with Crippen LogP contribution in [0.2, 0.25) is 0 Å². The Balaban J connectivity index is 1.71. The number of amides is 1. The van der Waals surface area contributed by atoms with Crippen molar-refractivity contribution in [1.82, 2.24) is 10.0 Å². The highest BCUT2D eigenvalue weighted by Crippen LogP contribution is 2.14. The zero-order valence-electron chi connectivity index (χ0n) is 14.6. The number of benzene rings is 2. The first-order chi connectivity index (χ1) is 12.4. The maximum atomic E-state index is 12.1. The van der Waals surface area contributed by atoms with Gasteiger partial charge in [0.1, 0.15) is 0 Å². The summed E-state index contributed by atoms with van der Waals surface area (Å²) >= 11 is 3.27. The Bertz CT molecular complexity index is 808. The van der Waals surface area contributed by atoms with Gasteiger partial charge in [-0.3, -0.25) is 4.79 Å². The van der Waals surface area contributed by atoms with E-state index in [9.17, 15) is 13.2 Å². The van der Waals surface area contributed by atoms with Crippen LogP contribution in [-0.4, -0.2) is 26.9 Å². The molecule has 2 rings (SSSR count). The summed E-state index contributed by atoms with van der Waals surface area (Å²) in [6.45, 7) is 2.02. The average molecular weight is 439 g/mol. The number of carbonyl (C=O) groups is 1. The predicted octanol–water partition coefficient (Wildman–Crippen LogP) is 3.26. The van der Waals surface area contributed by atoms with Crippen LogP contribution in [0.15, 0.2) is 64.0 Å². The van der Waals surface area contributed by atoms with Crippen molar-refractivity contribution in [3.8, 4) is 0 Å². The van der Waals surface area contributed by atoms with Gasteiger partial charge in [-0.2, -0.15) is 0 Å². The summed E-state index contributed by atoms with van der Waals surface area (Å²) in [5.41, 5.74) is 1.23. The van der Waals surface area contributed by atoms with Crippen LogP contribution in [0.3, 0.4) is 0 Å². The van der Waals surface area contributed by atoms with Gasteiger partial charge in [-0.25, -0.2) is 13.1 Å². The number of carbonyl (C=O) groups excluding carboxylic acids is 1. The van der Waals surface area contributed by atoms with E-state index in [1.54, 1.807) is 12.1 Å². The van der Waals surface area contributed by atoms with Gasteiger partial charge in [0.25, 0.3) is 0 Å². The molecule has 0 aliphatic carbocycles. The summed E-state index contributed by atoms with van der Waals surface area (Å²) in [6, 6.07) is 16.5.